The number of hydrogen-bond donors (Lipinski definition) is 0. The predicted molar refractivity (Wildman–Crippen MR) is 116 cm³/mol. The van der Waals surface area contributed by atoms with Crippen LogP contribution in [0.4, 0.5) is 16.4 Å². The third-order valence-electron chi connectivity index (χ3n) is 5.86. The normalized spacial score (nSPS) is 19.4. The molecule has 9 heteroatoms. The van der Waals surface area contributed by atoms with Crippen LogP contribution in [0.3, 0.4) is 0 Å². The summed E-state index contributed by atoms with van der Waals surface area (Å²) in [6.45, 7) is 8.35. The highest BCUT2D eigenvalue weighted by molar-refractivity contribution is 6.13. The van der Waals surface area contributed by atoms with E-state index >= 15 is 0 Å². The van der Waals surface area contributed by atoms with Crippen molar-refractivity contribution < 1.29 is 14.4 Å². The summed E-state index contributed by atoms with van der Waals surface area (Å²) in [6, 6.07) is 4.36. The van der Waals surface area contributed by atoms with Crippen LogP contribution in [0.25, 0.3) is 0 Å². The third-order valence-corrected chi connectivity index (χ3v) is 5.86. The standard InChI is InChI=1S/C22H26N6O3/c1-14-11-15(2)19(24-12-14)26-7-9-27(10-8-26)21(30)17-5-6-18(23-13-17)28-16(3)20(29)25(4)22(28)31/h5-6,11-13,16H,7-10H2,1-4H3. The molecule has 4 amide bonds. The van der Waals surface area contributed by atoms with Crippen LogP contribution in [0.2, 0.25) is 0 Å². The van der Waals surface area contributed by atoms with E-state index in [0.717, 1.165) is 21.8 Å². The molecule has 2 aliphatic rings. The van der Waals surface area contributed by atoms with Gasteiger partial charge < -0.3 is 9.80 Å². The van der Waals surface area contributed by atoms with Crippen molar-refractivity contribution in [3.8, 4) is 0 Å². The molecule has 162 valence electrons. The first-order chi connectivity index (χ1) is 14.8. The van der Waals surface area contributed by atoms with E-state index in [1.807, 2.05) is 13.1 Å². The number of imide groups is 1. The second-order valence-electron chi connectivity index (χ2n) is 8.06. The van der Waals surface area contributed by atoms with Crippen LogP contribution in [0.15, 0.2) is 30.6 Å². The van der Waals surface area contributed by atoms with Crippen LogP contribution in [0.5, 0.6) is 0 Å². The highest BCUT2D eigenvalue weighted by atomic mass is 16.2. The molecule has 1 unspecified atom stereocenters. The lowest BCUT2D eigenvalue weighted by molar-refractivity contribution is -0.125. The Morgan fingerprint density at radius 3 is 2.29 bits per heavy atom. The molecule has 9 nitrogen and oxygen atoms in total. The Morgan fingerprint density at radius 2 is 1.74 bits per heavy atom. The maximum atomic E-state index is 12.9. The minimum Gasteiger partial charge on any atom is -0.353 e. The van der Waals surface area contributed by atoms with Gasteiger partial charge in [-0.1, -0.05) is 6.07 Å². The number of aromatic nitrogens is 2. The van der Waals surface area contributed by atoms with Gasteiger partial charge in [0.15, 0.2) is 0 Å². The summed E-state index contributed by atoms with van der Waals surface area (Å²) in [4.78, 5) is 52.5. The van der Waals surface area contributed by atoms with E-state index in [-0.39, 0.29) is 11.8 Å². The summed E-state index contributed by atoms with van der Waals surface area (Å²) in [5, 5.41) is 0. The molecule has 1 atom stereocenters. The number of aryl methyl sites for hydroxylation is 2. The third kappa shape index (κ3) is 3.71. The molecule has 4 rings (SSSR count). The minimum absolute atomic E-state index is 0.0960. The molecular weight excluding hydrogens is 396 g/mol. The van der Waals surface area contributed by atoms with Crippen LogP contribution in [-0.2, 0) is 4.79 Å². The summed E-state index contributed by atoms with van der Waals surface area (Å²) in [5.41, 5.74) is 2.72. The predicted octanol–water partition coefficient (Wildman–Crippen LogP) is 1.84. The summed E-state index contributed by atoms with van der Waals surface area (Å²) in [5.74, 6) is 0.953. The topological polar surface area (TPSA) is 90.0 Å². The number of urea groups is 1. The van der Waals surface area contributed by atoms with Crippen molar-refractivity contribution in [3.63, 3.8) is 0 Å². The van der Waals surface area contributed by atoms with Gasteiger partial charge in [0, 0.05) is 45.6 Å². The molecule has 2 aromatic rings. The molecule has 0 N–H and O–H groups in total. The van der Waals surface area contributed by atoms with Crippen LogP contribution in [-0.4, -0.2) is 76.9 Å². The molecule has 2 fully saturated rings. The summed E-state index contributed by atoms with van der Waals surface area (Å²) in [7, 11) is 1.45. The zero-order valence-electron chi connectivity index (χ0n) is 18.2. The average molecular weight is 422 g/mol. The van der Waals surface area contributed by atoms with Crippen molar-refractivity contribution in [3.05, 3.63) is 47.3 Å². The van der Waals surface area contributed by atoms with Crippen LogP contribution >= 0.6 is 0 Å². The lowest BCUT2D eigenvalue weighted by Gasteiger charge is -2.36. The zero-order chi connectivity index (χ0) is 22.3. The van der Waals surface area contributed by atoms with Crippen LogP contribution in [0, 0.1) is 13.8 Å². The average Bonchev–Trinajstić information content (AvgIpc) is 2.96. The van der Waals surface area contributed by atoms with E-state index in [2.05, 4.69) is 27.9 Å². The maximum absolute atomic E-state index is 12.9. The van der Waals surface area contributed by atoms with E-state index < -0.39 is 12.1 Å². The van der Waals surface area contributed by atoms with Gasteiger partial charge in [0.1, 0.15) is 17.7 Å². The minimum atomic E-state index is -0.613. The molecular formula is C22H26N6O3. The SMILES string of the molecule is Cc1cnc(N2CCN(C(=O)c3ccc(N4C(=O)N(C)C(=O)C4C)nc3)CC2)c(C)c1. The highest BCUT2D eigenvalue weighted by Crippen LogP contribution is 2.24. The van der Waals surface area contributed by atoms with Crippen molar-refractivity contribution in [2.24, 2.45) is 0 Å². The van der Waals surface area contributed by atoms with Gasteiger partial charge in [0.2, 0.25) is 0 Å². The van der Waals surface area contributed by atoms with Gasteiger partial charge >= 0.3 is 6.03 Å². The molecule has 2 aromatic heterocycles. The van der Waals surface area contributed by atoms with E-state index in [0.29, 0.717) is 37.6 Å². The van der Waals surface area contributed by atoms with Crippen molar-refractivity contribution in [2.75, 3.05) is 43.0 Å². The summed E-state index contributed by atoms with van der Waals surface area (Å²) in [6.07, 6.45) is 3.34. The molecule has 0 radical (unpaired) electrons. The first-order valence-corrected chi connectivity index (χ1v) is 10.3. The van der Waals surface area contributed by atoms with E-state index in [1.54, 1.807) is 24.0 Å². The number of anilines is 2. The molecule has 0 aromatic carbocycles. The molecule has 4 heterocycles. The first kappa shape index (κ1) is 20.8. The van der Waals surface area contributed by atoms with Crippen molar-refractivity contribution in [1.82, 2.24) is 19.8 Å². The number of amides is 4. The van der Waals surface area contributed by atoms with E-state index in [4.69, 9.17) is 0 Å². The fourth-order valence-electron chi connectivity index (χ4n) is 4.11. The van der Waals surface area contributed by atoms with E-state index in [1.165, 1.54) is 18.1 Å². The Kier molecular flexibility index (Phi) is 5.34. The number of hydrogen-bond acceptors (Lipinski definition) is 6. The number of likely N-dealkylation sites (N-methyl/N-ethyl adjacent to an activating group) is 1. The molecule has 31 heavy (non-hydrogen) atoms. The number of pyridine rings is 2. The molecule has 0 aliphatic carbocycles. The highest BCUT2D eigenvalue weighted by Gasteiger charge is 2.41. The van der Waals surface area contributed by atoms with E-state index in [9.17, 15) is 14.4 Å². The Labute approximate surface area is 181 Å². The lowest BCUT2D eigenvalue weighted by atomic mass is 10.2. The Morgan fingerprint density at radius 1 is 1.03 bits per heavy atom. The fourth-order valence-corrected chi connectivity index (χ4v) is 4.11. The number of carbonyl (C=O) groups is 3. The quantitative estimate of drug-likeness (QED) is 0.702. The van der Waals surface area contributed by atoms with Gasteiger partial charge in [0.05, 0.1) is 5.56 Å². The van der Waals surface area contributed by atoms with Crippen molar-refractivity contribution >= 4 is 29.5 Å². The molecule has 0 bridgehead atoms. The second kappa shape index (κ2) is 7.98. The largest absolute Gasteiger partial charge is 0.353 e. The summed E-state index contributed by atoms with van der Waals surface area (Å²) < 4.78 is 0. The number of nitrogens with zero attached hydrogens (tertiary/aromatic N) is 6. The number of rotatable bonds is 3. The Balaban J connectivity index is 1.42. The van der Waals surface area contributed by atoms with Gasteiger partial charge in [-0.3, -0.25) is 19.4 Å². The number of carbonyl (C=O) groups excluding carboxylic acids is 3. The van der Waals surface area contributed by atoms with Gasteiger partial charge in [0.25, 0.3) is 11.8 Å². The van der Waals surface area contributed by atoms with Gasteiger partial charge in [-0.2, -0.15) is 0 Å². The van der Waals surface area contributed by atoms with Crippen LogP contribution < -0.4 is 9.80 Å². The van der Waals surface area contributed by atoms with Crippen molar-refractivity contribution in [1.29, 1.82) is 0 Å². The Hall–Kier alpha value is -3.49. The monoisotopic (exact) mass is 422 g/mol. The van der Waals surface area contributed by atoms with Crippen molar-refractivity contribution in [2.45, 2.75) is 26.8 Å². The molecule has 0 spiro atoms. The Bertz CT molecular complexity index is 1030. The maximum Gasteiger partial charge on any atom is 0.332 e. The summed E-state index contributed by atoms with van der Waals surface area (Å²) >= 11 is 0. The smallest absolute Gasteiger partial charge is 0.332 e. The first-order valence-electron chi connectivity index (χ1n) is 10.3. The number of piperazine rings is 1. The molecule has 2 saturated heterocycles. The zero-order valence-corrected chi connectivity index (χ0v) is 18.2. The molecule has 2 aliphatic heterocycles. The van der Waals surface area contributed by atoms with Gasteiger partial charge in [-0.25, -0.2) is 14.8 Å². The lowest BCUT2D eigenvalue weighted by Crippen LogP contribution is -2.49. The van der Waals surface area contributed by atoms with Gasteiger partial charge in [-0.15, -0.1) is 0 Å². The molecule has 0 saturated carbocycles. The fraction of sp³-hybridized carbons (Fsp3) is 0.409. The second-order valence-corrected chi connectivity index (χ2v) is 8.06. The van der Waals surface area contributed by atoms with Gasteiger partial charge in [-0.05, 0) is 44.0 Å². The van der Waals surface area contributed by atoms with Crippen LogP contribution in [0.1, 0.15) is 28.4 Å².